The van der Waals surface area contributed by atoms with Gasteiger partial charge in [-0.3, -0.25) is 9.80 Å². The number of amides is 1. The minimum atomic E-state index is -0.252. The second kappa shape index (κ2) is 3.56. The Labute approximate surface area is 75.7 Å². The maximum Gasteiger partial charge on any atom is 0.267 e. The van der Waals surface area contributed by atoms with Crippen LogP contribution < -0.4 is 5.84 Å². The van der Waals surface area contributed by atoms with Crippen LogP contribution in [0.4, 0.5) is 0 Å². The average molecular weight is 185 g/mol. The van der Waals surface area contributed by atoms with E-state index in [2.05, 4.69) is 0 Å². The van der Waals surface area contributed by atoms with Crippen molar-refractivity contribution in [1.29, 1.82) is 0 Å². The third-order valence-corrected chi connectivity index (χ3v) is 1.63. The molecule has 0 saturated carbocycles. The number of halogens is 1. The fourth-order valence-electron chi connectivity index (χ4n) is 0.825. The lowest BCUT2D eigenvalue weighted by molar-refractivity contribution is 0.0795. The fraction of sp³-hybridized carbons (Fsp3) is 0.125. The minimum Gasteiger partial charge on any atom is -0.280 e. The third kappa shape index (κ3) is 1.96. The first-order chi connectivity index (χ1) is 5.61. The van der Waals surface area contributed by atoms with E-state index >= 15 is 0 Å². The molecule has 0 aromatic heterocycles. The van der Waals surface area contributed by atoms with Gasteiger partial charge in [0, 0.05) is 17.6 Å². The zero-order chi connectivity index (χ0) is 9.14. The maximum atomic E-state index is 11.2. The fourth-order valence-corrected chi connectivity index (χ4v) is 1.02. The van der Waals surface area contributed by atoms with Crippen LogP contribution in [0.2, 0.25) is 5.02 Å². The van der Waals surface area contributed by atoms with Crippen LogP contribution in [0.15, 0.2) is 24.3 Å². The Kier molecular flexibility index (Phi) is 2.68. The van der Waals surface area contributed by atoms with Gasteiger partial charge >= 0.3 is 0 Å². The molecule has 0 bridgehead atoms. The van der Waals surface area contributed by atoms with E-state index in [0.717, 1.165) is 5.01 Å². The molecule has 0 saturated heterocycles. The van der Waals surface area contributed by atoms with Crippen molar-refractivity contribution < 1.29 is 4.79 Å². The molecule has 64 valence electrons. The molecule has 0 spiro atoms. The molecule has 12 heavy (non-hydrogen) atoms. The molecule has 4 heteroatoms. The van der Waals surface area contributed by atoms with Crippen molar-refractivity contribution in [2.75, 3.05) is 7.05 Å². The minimum absolute atomic E-state index is 0.252. The number of hydrogen-bond donors (Lipinski definition) is 1. The number of benzene rings is 1. The Morgan fingerprint density at radius 3 is 2.75 bits per heavy atom. The highest BCUT2D eigenvalue weighted by molar-refractivity contribution is 6.30. The zero-order valence-electron chi connectivity index (χ0n) is 6.62. The predicted molar refractivity (Wildman–Crippen MR) is 47.7 cm³/mol. The molecule has 1 aromatic carbocycles. The summed E-state index contributed by atoms with van der Waals surface area (Å²) in [7, 11) is 1.49. The van der Waals surface area contributed by atoms with Crippen molar-refractivity contribution in [3.8, 4) is 0 Å². The van der Waals surface area contributed by atoms with Crippen LogP contribution >= 0.6 is 11.6 Å². The Bertz CT molecular complexity index is 299. The molecule has 0 radical (unpaired) electrons. The topological polar surface area (TPSA) is 46.3 Å². The molecule has 1 rings (SSSR count). The number of hydrogen-bond acceptors (Lipinski definition) is 2. The van der Waals surface area contributed by atoms with Crippen LogP contribution in [-0.2, 0) is 0 Å². The van der Waals surface area contributed by atoms with E-state index < -0.39 is 0 Å². The van der Waals surface area contributed by atoms with Crippen LogP contribution in [0.5, 0.6) is 0 Å². The van der Waals surface area contributed by atoms with Gasteiger partial charge in [-0.15, -0.1) is 0 Å². The highest BCUT2D eigenvalue weighted by Crippen LogP contribution is 2.11. The van der Waals surface area contributed by atoms with E-state index in [-0.39, 0.29) is 5.91 Å². The van der Waals surface area contributed by atoms with E-state index in [1.807, 2.05) is 0 Å². The normalized spacial score (nSPS) is 9.58. The Morgan fingerprint density at radius 2 is 2.25 bits per heavy atom. The van der Waals surface area contributed by atoms with Gasteiger partial charge in [0.05, 0.1) is 0 Å². The molecular formula is C8H9ClN2O. The smallest absolute Gasteiger partial charge is 0.267 e. The van der Waals surface area contributed by atoms with Crippen molar-refractivity contribution in [2.45, 2.75) is 0 Å². The summed E-state index contributed by atoms with van der Waals surface area (Å²) in [5, 5.41) is 1.55. The van der Waals surface area contributed by atoms with Crippen LogP contribution in [0, 0.1) is 0 Å². The van der Waals surface area contributed by atoms with Gasteiger partial charge in [0.1, 0.15) is 0 Å². The Hall–Kier alpha value is -1.06. The first-order valence-corrected chi connectivity index (χ1v) is 3.77. The van der Waals surface area contributed by atoms with E-state index in [0.29, 0.717) is 10.6 Å². The van der Waals surface area contributed by atoms with Crippen LogP contribution in [0.1, 0.15) is 10.4 Å². The number of nitrogens with two attached hydrogens (primary N) is 1. The monoisotopic (exact) mass is 184 g/mol. The van der Waals surface area contributed by atoms with E-state index in [4.69, 9.17) is 17.4 Å². The molecule has 0 aliphatic rings. The van der Waals surface area contributed by atoms with Gasteiger partial charge < -0.3 is 0 Å². The van der Waals surface area contributed by atoms with Crippen molar-refractivity contribution in [3.05, 3.63) is 34.9 Å². The molecule has 0 fully saturated rings. The van der Waals surface area contributed by atoms with Crippen LogP contribution in [-0.4, -0.2) is 18.0 Å². The van der Waals surface area contributed by atoms with Crippen LogP contribution in [0.25, 0.3) is 0 Å². The van der Waals surface area contributed by atoms with Gasteiger partial charge in [0.25, 0.3) is 5.91 Å². The molecule has 3 nitrogen and oxygen atoms in total. The van der Waals surface area contributed by atoms with E-state index in [1.54, 1.807) is 24.3 Å². The van der Waals surface area contributed by atoms with Gasteiger partial charge in [-0.1, -0.05) is 17.7 Å². The van der Waals surface area contributed by atoms with Gasteiger partial charge in [-0.05, 0) is 18.2 Å². The number of carbonyl (C=O) groups is 1. The summed E-state index contributed by atoms with van der Waals surface area (Å²) < 4.78 is 0. The number of hydrazine groups is 1. The Balaban J connectivity index is 2.96. The summed E-state index contributed by atoms with van der Waals surface area (Å²) >= 11 is 5.68. The highest BCUT2D eigenvalue weighted by Gasteiger charge is 2.07. The summed E-state index contributed by atoms with van der Waals surface area (Å²) in [6.07, 6.45) is 0. The van der Waals surface area contributed by atoms with Crippen molar-refractivity contribution >= 4 is 17.5 Å². The van der Waals surface area contributed by atoms with Crippen molar-refractivity contribution in [1.82, 2.24) is 5.01 Å². The molecular weight excluding hydrogens is 176 g/mol. The molecule has 0 heterocycles. The predicted octanol–water partition coefficient (Wildman–Crippen LogP) is 1.29. The van der Waals surface area contributed by atoms with Gasteiger partial charge in [0.2, 0.25) is 0 Å². The zero-order valence-corrected chi connectivity index (χ0v) is 7.38. The van der Waals surface area contributed by atoms with Gasteiger partial charge in [0.15, 0.2) is 0 Å². The van der Waals surface area contributed by atoms with Gasteiger partial charge in [-0.2, -0.15) is 0 Å². The van der Waals surface area contributed by atoms with Crippen LogP contribution in [0.3, 0.4) is 0 Å². The molecule has 1 amide bonds. The highest BCUT2D eigenvalue weighted by atomic mass is 35.5. The molecule has 0 aliphatic carbocycles. The van der Waals surface area contributed by atoms with E-state index in [9.17, 15) is 4.79 Å². The van der Waals surface area contributed by atoms with Crippen molar-refractivity contribution in [3.63, 3.8) is 0 Å². The molecule has 1 aromatic rings. The first kappa shape index (κ1) is 9.03. The number of nitrogens with zero attached hydrogens (tertiary/aromatic N) is 1. The Morgan fingerprint density at radius 1 is 1.58 bits per heavy atom. The third-order valence-electron chi connectivity index (χ3n) is 1.39. The summed E-state index contributed by atoms with van der Waals surface area (Å²) in [6.45, 7) is 0. The summed E-state index contributed by atoms with van der Waals surface area (Å²) in [6, 6.07) is 6.65. The molecule has 0 aliphatic heterocycles. The lowest BCUT2D eigenvalue weighted by Gasteiger charge is -2.09. The summed E-state index contributed by atoms with van der Waals surface area (Å²) in [5.74, 6) is 5.01. The molecule has 0 unspecified atom stereocenters. The number of carbonyl (C=O) groups excluding carboxylic acids is 1. The number of rotatable bonds is 1. The summed E-state index contributed by atoms with van der Waals surface area (Å²) in [5.41, 5.74) is 0.493. The maximum absolute atomic E-state index is 11.2. The van der Waals surface area contributed by atoms with E-state index in [1.165, 1.54) is 7.05 Å². The molecule has 0 atom stereocenters. The van der Waals surface area contributed by atoms with Gasteiger partial charge in [-0.25, -0.2) is 5.84 Å². The standard InChI is InChI=1S/C8H9ClN2O/c1-11(10)8(12)6-3-2-4-7(9)5-6/h2-5H,10H2,1H3. The second-order valence-corrected chi connectivity index (χ2v) is 2.86. The lowest BCUT2D eigenvalue weighted by atomic mass is 10.2. The SMILES string of the molecule is CN(N)C(=O)c1cccc(Cl)c1. The van der Waals surface area contributed by atoms with Crippen molar-refractivity contribution in [2.24, 2.45) is 5.84 Å². The quantitative estimate of drug-likeness (QED) is 0.406. The lowest BCUT2D eigenvalue weighted by Crippen LogP contribution is -2.32. The molecule has 2 N–H and O–H groups in total. The largest absolute Gasteiger partial charge is 0.280 e. The summed E-state index contributed by atoms with van der Waals surface area (Å²) in [4.78, 5) is 11.2. The second-order valence-electron chi connectivity index (χ2n) is 2.43. The average Bonchev–Trinajstić information content (AvgIpc) is 2.03. The first-order valence-electron chi connectivity index (χ1n) is 3.39.